The van der Waals surface area contributed by atoms with Crippen LogP contribution in [0, 0.1) is 26.6 Å². The van der Waals surface area contributed by atoms with Gasteiger partial charge in [0.1, 0.15) is 10.7 Å². The van der Waals surface area contributed by atoms with Crippen molar-refractivity contribution in [1.82, 2.24) is 19.6 Å². The number of nitrogens with one attached hydrogen (secondary N) is 1. The van der Waals surface area contributed by atoms with Gasteiger partial charge >= 0.3 is 0 Å². The van der Waals surface area contributed by atoms with Crippen LogP contribution in [0.1, 0.15) is 29.6 Å². The van der Waals surface area contributed by atoms with Crippen molar-refractivity contribution >= 4 is 15.7 Å². The van der Waals surface area contributed by atoms with Crippen LogP contribution in [-0.2, 0) is 23.1 Å². The van der Waals surface area contributed by atoms with Crippen molar-refractivity contribution in [2.24, 2.45) is 0 Å². The predicted octanol–water partition coefficient (Wildman–Crippen LogP) is 3.01. The Hall–Kier alpha value is -2.68. The molecule has 0 aliphatic rings. The summed E-state index contributed by atoms with van der Waals surface area (Å²) in [6.45, 7) is 8.06. The van der Waals surface area contributed by atoms with Crippen molar-refractivity contribution in [3.05, 3.63) is 58.9 Å². The molecule has 7 nitrogen and oxygen atoms in total. The normalized spacial score (nSPS) is 11.7. The van der Waals surface area contributed by atoms with Gasteiger partial charge in [-0.2, -0.15) is 10.2 Å². The fourth-order valence-corrected chi connectivity index (χ4v) is 4.36. The Morgan fingerprint density at radius 1 is 1.15 bits per heavy atom. The lowest BCUT2D eigenvalue weighted by atomic mass is 10.2. The van der Waals surface area contributed by atoms with Gasteiger partial charge < -0.3 is 0 Å². The quantitative estimate of drug-likeness (QED) is 0.700. The minimum absolute atomic E-state index is 0.140. The van der Waals surface area contributed by atoms with Crippen LogP contribution in [0.15, 0.2) is 35.4 Å². The minimum Gasteiger partial charge on any atom is -0.276 e. The molecule has 0 aliphatic carbocycles. The molecular weight excluding hydrogens is 369 g/mol. The third-order valence-electron chi connectivity index (χ3n) is 4.49. The smallest absolute Gasteiger partial charge is 0.265 e. The van der Waals surface area contributed by atoms with Gasteiger partial charge in [0.2, 0.25) is 0 Å². The highest BCUT2D eigenvalue weighted by Crippen LogP contribution is 2.25. The SMILES string of the molecule is CCn1ncc(S(=O)(=O)Nc2c(C)nn(Cc3cccc(F)c3)c2C)c1C. The predicted molar refractivity (Wildman–Crippen MR) is 101 cm³/mol. The zero-order chi connectivity index (χ0) is 19.8. The Labute approximate surface area is 157 Å². The van der Waals surface area contributed by atoms with Crippen molar-refractivity contribution in [3.8, 4) is 0 Å². The van der Waals surface area contributed by atoms with E-state index in [1.165, 1.54) is 18.3 Å². The van der Waals surface area contributed by atoms with Crippen molar-refractivity contribution in [2.45, 2.75) is 45.7 Å². The van der Waals surface area contributed by atoms with Gasteiger partial charge in [-0.1, -0.05) is 12.1 Å². The lowest BCUT2D eigenvalue weighted by molar-refractivity contribution is 0.598. The largest absolute Gasteiger partial charge is 0.276 e. The molecule has 3 rings (SSSR count). The maximum absolute atomic E-state index is 13.4. The zero-order valence-electron chi connectivity index (χ0n) is 15.7. The molecule has 27 heavy (non-hydrogen) atoms. The maximum Gasteiger partial charge on any atom is 0.265 e. The van der Waals surface area contributed by atoms with E-state index >= 15 is 0 Å². The summed E-state index contributed by atoms with van der Waals surface area (Å²) in [4.78, 5) is 0.140. The van der Waals surface area contributed by atoms with E-state index in [4.69, 9.17) is 0 Å². The monoisotopic (exact) mass is 391 g/mol. The van der Waals surface area contributed by atoms with Crippen LogP contribution < -0.4 is 4.72 Å². The first-order chi connectivity index (χ1) is 12.7. The van der Waals surface area contributed by atoms with Gasteiger partial charge in [0, 0.05) is 6.54 Å². The second kappa shape index (κ2) is 7.15. The van der Waals surface area contributed by atoms with Gasteiger partial charge in [-0.3, -0.25) is 14.1 Å². The molecule has 144 valence electrons. The van der Waals surface area contributed by atoms with Gasteiger partial charge in [-0.05, 0) is 45.4 Å². The highest BCUT2D eigenvalue weighted by atomic mass is 32.2. The van der Waals surface area contributed by atoms with E-state index in [0.29, 0.717) is 35.9 Å². The van der Waals surface area contributed by atoms with Gasteiger partial charge in [0.25, 0.3) is 10.0 Å². The average Bonchev–Trinajstić information content (AvgIpc) is 3.10. The van der Waals surface area contributed by atoms with Crippen LogP contribution >= 0.6 is 0 Å². The third kappa shape index (κ3) is 3.73. The molecule has 0 atom stereocenters. The molecule has 0 radical (unpaired) electrons. The van der Waals surface area contributed by atoms with Crippen molar-refractivity contribution in [2.75, 3.05) is 4.72 Å². The lowest BCUT2D eigenvalue weighted by Gasteiger charge is -2.09. The van der Waals surface area contributed by atoms with Crippen LogP contribution in [0.5, 0.6) is 0 Å². The molecule has 0 fully saturated rings. The van der Waals surface area contributed by atoms with E-state index in [1.807, 2.05) is 6.92 Å². The number of halogens is 1. The molecule has 0 bridgehead atoms. The number of hydrogen-bond donors (Lipinski definition) is 1. The Kier molecular flexibility index (Phi) is 5.05. The third-order valence-corrected chi connectivity index (χ3v) is 5.94. The van der Waals surface area contributed by atoms with Gasteiger partial charge in [0.15, 0.2) is 0 Å². The standard InChI is InChI=1S/C18H22FN5O2S/c1-5-23-13(3)17(10-20-23)27(25,26)22-18-12(2)21-24(14(18)4)11-15-7-6-8-16(19)9-15/h6-10,22H,5,11H2,1-4H3. The fraction of sp³-hybridized carbons (Fsp3) is 0.333. The molecule has 9 heteroatoms. The Balaban J connectivity index is 1.91. The summed E-state index contributed by atoms with van der Waals surface area (Å²) in [7, 11) is -3.79. The van der Waals surface area contributed by atoms with Crippen molar-refractivity contribution in [1.29, 1.82) is 0 Å². The number of sulfonamides is 1. The number of anilines is 1. The topological polar surface area (TPSA) is 81.8 Å². The molecule has 1 aromatic carbocycles. The van der Waals surface area contributed by atoms with Crippen molar-refractivity contribution in [3.63, 3.8) is 0 Å². The molecule has 0 saturated heterocycles. The van der Waals surface area contributed by atoms with E-state index in [0.717, 1.165) is 5.56 Å². The molecule has 0 spiro atoms. The van der Waals surface area contributed by atoms with Crippen LogP contribution in [-0.4, -0.2) is 28.0 Å². The van der Waals surface area contributed by atoms with Gasteiger partial charge in [0.05, 0.1) is 35.5 Å². The van der Waals surface area contributed by atoms with Crippen LogP contribution in [0.4, 0.5) is 10.1 Å². The Morgan fingerprint density at radius 3 is 2.52 bits per heavy atom. The first kappa shape index (κ1) is 19.1. The number of aryl methyl sites for hydroxylation is 2. The first-order valence-corrected chi connectivity index (χ1v) is 10.0. The number of aromatic nitrogens is 4. The van der Waals surface area contributed by atoms with E-state index in [9.17, 15) is 12.8 Å². The average molecular weight is 391 g/mol. The summed E-state index contributed by atoms with van der Waals surface area (Å²) in [5.41, 5.74) is 2.95. The highest BCUT2D eigenvalue weighted by molar-refractivity contribution is 7.92. The number of benzene rings is 1. The van der Waals surface area contributed by atoms with Crippen LogP contribution in [0.25, 0.3) is 0 Å². The second-order valence-electron chi connectivity index (χ2n) is 6.35. The second-order valence-corrected chi connectivity index (χ2v) is 8.00. The zero-order valence-corrected chi connectivity index (χ0v) is 16.5. The molecule has 3 aromatic rings. The number of rotatable bonds is 6. The van der Waals surface area contributed by atoms with E-state index in [-0.39, 0.29) is 10.7 Å². The first-order valence-electron chi connectivity index (χ1n) is 8.56. The highest BCUT2D eigenvalue weighted by Gasteiger charge is 2.24. The molecule has 0 amide bonds. The van der Waals surface area contributed by atoms with E-state index in [2.05, 4.69) is 14.9 Å². The van der Waals surface area contributed by atoms with Gasteiger partial charge in [-0.25, -0.2) is 12.8 Å². The van der Waals surface area contributed by atoms with Gasteiger partial charge in [-0.15, -0.1) is 0 Å². The molecule has 0 aliphatic heterocycles. The van der Waals surface area contributed by atoms with Crippen LogP contribution in [0.2, 0.25) is 0 Å². The number of hydrogen-bond acceptors (Lipinski definition) is 4. The summed E-state index contributed by atoms with van der Waals surface area (Å²) in [5, 5.41) is 8.50. The molecule has 0 saturated carbocycles. The molecule has 2 aromatic heterocycles. The fourth-order valence-electron chi connectivity index (χ4n) is 3.01. The minimum atomic E-state index is -3.79. The molecule has 0 unspecified atom stereocenters. The summed E-state index contributed by atoms with van der Waals surface area (Å²) in [5.74, 6) is -0.321. The number of nitrogens with zero attached hydrogens (tertiary/aromatic N) is 4. The summed E-state index contributed by atoms with van der Waals surface area (Å²) in [6.07, 6.45) is 1.35. The summed E-state index contributed by atoms with van der Waals surface area (Å²) >= 11 is 0. The summed E-state index contributed by atoms with van der Waals surface area (Å²) < 4.78 is 45.0. The van der Waals surface area contributed by atoms with E-state index in [1.54, 1.807) is 42.3 Å². The van der Waals surface area contributed by atoms with E-state index < -0.39 is 10.0 Å². The molecular formula is C18H22FN5O2S. The van der Waals surface area contributed by atoms with Crippen molar-refractivity contribution < 1.29 is 12.8 Å². The Morgan fingerprint density at radius 2 is 1.89 bits per heavy atom. The lowest BCUT2D eigenvalue weighted by Crippen LogP contribution is -2.15. The Bertz CT molecular complexity index is 1090. The maximum atomic E-state index is 13.4. The molecule has 2 heterocycles. The molecule has 1 N–H and O–H groups in total. The van der Waals surface area contributed by atoms with Crippen LogP contribution in [0.3, 0.4) is 0 Å². The summed E-state index contributed by atoms with van der Waals surface area (Å²) in [6, 6.07) is 6.24.